The SMILES string of the molecule is [CH2]c1occ2cc(O)ccc12. The average Bonchev–Trinajstić information content (AvgIpc) is 2.32. The van der Waals surface area contributed by atoms with Gasteiger partial charge in [0.05, 0.1) is 6.26 Å². The van der Waals surface area contributed by atoms with Crippen LogP contribution in [0.2, 0.25) is 0 Å². The highest BCUT2D eigenvalue weighted by atomic mass is 16.3. The normalized spacial score (nSPS) is 10.6. The Kier molecular flexibility index (Phi) is 1.15. The number of benzene rings is 1. The van der Waals surface area contributed by atoms with E-state index in [1.807, 2.05) is 0 Å². The molecule has 0 aliphatic heterocycles. The Morgan fingerprint density at radius 2 is 2.18 bits per heavy atom. The summed E-state index contributed by atoms with van der Waals surface area (Å²) in [5.74, 6) is 0.887. The van der Waals surface area contributed by atoms with E-state index < -0.39 is 0 Å². The molecule has 1 radical (unpaired) electrons. The van der Waals surface area contributed by atoms with E-state index in [9.17, 15) is 0 Å². The van der Waals surface area contributed by atoms with Crippen molar-refractivity contribution in [2.45, 2.75) is 0 Å². The molecule has 1 aromatic heterocycles. The van der Waals surface area contributed by atoms with Crippen LogP contribution in [0.1, 0.15) is 5.76 Å². The van der Waals surface area contributed by atoms with Gasteiger partial charge in [-0.25, -0.2) is 0 Å². The zero-order chi connectivity index (χ0) is 7.84. The lowest BCUT2D eigenvalue weighted by atomic mass is 10.2. The maximum atomic E-state index is 9.08. The minimum Gasteiger partial charge on any atom is -0.508 e. The van der Waals surface area contributed by atoms with Gasteiger partial charge in [-0.2, -0.15) is 0 Å². The zero-order valence-corrected chi connectivity index (χ0v) is 5.87. The van der Waals surface area contributed by atoms with Crippen molar-refractivity contribution in [3.8, 4) is 5.75 Å². The van der Waals surface area contributed by atoms with E-state index in [1.165, 1.54) is 0 Å². The van der Waals surface area contributed by atoms with Gasteiger partial charge in [-0.1, -0.05) is 0 Å². The highest BCUT2D eigenvalue weighted by Gasteiger charge is 2.00. The smallest absolute Gasteiger partial charge is 0.116 e. The Morgan fingerprint density at radius 3 is 3.00 bits per heavy atom. The molecule has 2 rings (SSSR count). The highest BCUT2D eigenvalue weighted by Crippen LogP contribution is 2.23. The van der Waals surface area contributed by atoms with Crippen LogP contribution in [-0.4, -0.2) is 5.11 Å². The van der Waals surface area contributed by atoms with Gasteiger partial charge in [-0.05, 0) is 18.2 Å². The quantitative estimate of drug-likeness (QED) is 0.620. The molecule has 0 unspecified atom stereocenters. The molecule has 0 amide bonds. The second kappa shape index (κ2) is 2.02. The molecular formula is C9H7O2. The predicted octanol–water partition coefficient (Wildman–Crippen LogP) is 2.32. The van der Waals surface area contributed by atoms with Crippen LogP contribution in [-0.2, 0) is 0 Å². The number of aromatic hydroxyl groups is 1. The molecule has 0 spiro atoms. The summed E-state index contributed by atoms with van der Waals surface area (Å²) in [5, 5.41) is 10.9. The van der Waals surface area contributed by atoms with Gasteiger partial charge in [0.1, 0.15) is 11.5 Å². The van der Waals surface area contributed by atoms with Crippen molar-refractivity contribution in [3.05, 3.63) is 37.1 Å². The first-order chi connectivity index (χ1) is 5.27. The molecule has 1 N–H and O–H groups in total. The lowest BCUT2D eigenvalue weighted by Gasteiger charge is -1.90. The first-order valence-corrected chi connectivity index (χ1v) is 3.29. The molecule has 11 heavy (non-hydrogen) atoms. The molecule has 0 atom stereocenters. The second-order valence-corrected chi connectivity index (χ2v) is 2.43. The van der Waals surface area contributed by atoms with Crippen LogP contribution >= 0.6 is 0 Å². The van der Waals surface area contributed by atoms with Gasteiger partial charge in [0.25, 0.3) is 0 Å². The van der Waals surface area contributed by atoms with Crippen molar-refractivity contribution < 1.29 is 9.52 Å². The minimum atomic E-state index is 0.248. The summed E-state index contributed by atoms with van der Waals surface area (Å²) in [6.07, 6.45) is 1.58. The molecule has 0 bridgehead atoms. The minimum absolute atomic E-state index is 0.248. The van der Waals surface area contributed by atoms with Crippen molar-refractivity contribution >= 4 is 10.8 Å². The molecule has 0 saturated carbocycles. The van der Waals surface area contributed by atoms with Crippen LogP contribution in [0.15, 0.2) is 28.9 Å². The summed E-state index contributed by atoms with van der Waals surface area (Å²) in [4.78, 5) is 0. The Morgan fingerprint density at radius 1 is 1.36 bits per heavy atom. The number of hydrogen-bond donors (Lipinski definition) is 1. The molecule has 1 aromatic carbocycles. The second-order valence-electron chi connectivity index (χ2n) is 2.43. The van der Waals surface area contributed by atoms with E-state index in [0.717, 1.165) is 10.8 Å². The first-order valence-electron chi connectivity index (χ1n) is 3.29. The summed E-state index contributed by atoms with van der Waals surface area (Å²) in [6.45, 7) is 3.69. The molecule has 0 aliphatic rings. The molecule has 0 saturated heterocycles. The summed E-state index contributed by atoms with van der Waals surface area (Å²) in [5.41, 5.74) is 0. The molecule has 2 aromatic rings. The van der Waals surface area contributed by atoms with Gasteiger partial charge in [-0.3, -0.25) is 0 Å². The maximum absolute atomic E-state index is 9.08. The van der Waals surface area contributed by atoms with Crippen molar-refractivity contribution in [2.75, 3.05) is 0 Å². The van der Waals surface area contributed by atoms with E-state index in [2.05, 4.69) is 6.92 Å². The van der Waals surface area contributed by atoms with Crippen LogP contribution < -0.4 is 0 Å². The number of furan rings is 1. The number of phenols is 1. The summed E-state index contributed by atoms with van der Waals surface area (Å²) >= 11 is 0. The fraction of sp³-hybridized carbons (Fsp3) is 0. The van der Waals surface area contributed by atoms with Gasteiger partial charge in [-0.15, -0.1) is 0 Å². The maximum Gasteiger partial charge on any atom is 0.116 e. The number of rotatable bonds is 0. The zero-order valence-electron chi connectivity index (χ0n) is 5.87. The van der Waals surface area contributed by atoms with Gasteiger partial charge < -0.3 is 9.52 Å². The Labute approximate surface area is 64.1 Å². The third kappa shape index (κ3) is 0.871. The number of fused-ring (bicyclic) bond motifs is 1. The highest BCUT2D eigenvalue weighted by molar-refractivity contribution is 5.85. The molecular weight excluding hydrogens is 140 g/mol. The lowest BCUT2D eigenvalue weighted by molar-refractivity contribution is 0.476. The lowest BCUT2D eigenvalue weighted by Crippen LogP contribution is -1.66. The molecule has 0 fully saturated rings. The predicted molar refractivity (Wildman–Crippen MR) is 42.3 cm³/mol. The van der Waals surface area contributed by atoms with Crippen LogP contribution in [0.25, 0.3) is 10.8 Å². The Bertz CT molecular complexity index is 387. The van der Waals surface area contributed by atoms with Gasteiger partial charge >= 0.3 is 0 Å². The van der Waals surface area contributed by atoms with Crippen LogP contribution in [0.3, 0.4) is 0 Å². The largest absolute Gasteiger partial charge is 0.508 e. The van der Waals surface area contributed by atoms with Gasteiger partial charge in [0.15, 0.2) is 0 Å². The van der Waals surface area contributed by atoms with Gasteiger partial charge in [0, 0.05) is 17.7 Å². The molecule has 0 aliphatic carbocycles. The Hall–Kier alpha value is -1.44. The molecule has 2 heteroatoms. The van der Waals surface area contributed by atoms with Crippen LogP contribution in [0, 0.1) is 6.92 Å². The average molecular weight is 147 g/mol. The molecule has 1 heterocycles. The number of hydrogen-bond acceptors (Lipinski definition) is 2. The first kappa shape index (κ1) is 6.28. The topological polar surface area (TPSA) is 33.4 Å². The van der Waals surface area contributed by atoms with E-state index in [-0.39, 0.29) is 5.75 Å². The van der Waals surface area contributed by atoms with Crippen LogP contribution in [0.4, 0.5) is 0 Å². The van der Waals surface area contributed by atoms with E-state index in [0.29, 0.717) is 5.76 Å². The summed E-state index contributed by atoms with van der Waals surface area (Å²) in [7, 11) is 0. The summed E-state index contributed by atoms with van der Waals surface area (Å²) in [6, 6.07) is 5.05. The third-order valence-corrected chi connectivity index (χ3v) is 1.66. The van der Waals surface area contributed by atoms with E-state index in [4.69, 9.17) is 9.52 Å². The fourth-order valence-electron chi connectivity index (χ4n) is 1.10. The van der Waals surface area contributed by atoms with Crippen molar-refractivity contribution in [3.63, 3.8) is 0 Å². The molecule has 2 nitrogen and oxygen atoms in total. The van der Waals surface area contributed by atoms with E-state index >= 15 is 0 Å². The Balaban J connectivity index is 2.86. The monoisotopic (exact) mass is 147 g/mol. The molecule has 55 valence electrons. The van der Waals surface area contributed by atoms with Gasteiger partial charge in [0.2, 0.25) is 0 Å². The number of phenolic OH excluding ortho intramolecular Hbond substituents is 1. The summed E-state index contributed by atoms with van der Waals surface area (Å²) < 4.78 is 5.05. The standard InChI is InChI=1S/C9H7O2/c1-6-9-3-2-8(10)4-7(9)5-11-6/h2-5,10H,1H2. The fourth-order valence-corrected chi connectivity index (χ4v) is 1.10. The van der Waals surface area contributed by atoms with Crippen molar-refractivity contribution in [1.29, 1.82) is 0 Å². The van der Waals surface area contributed by atoms with Crippen LogP contribution in [0.5, 0.6) is 5.75 Å². The third-order valence-electron chi connectivity index (χ3n) is 1.66. The van der Waals surface area contributed by atoms with Crippen molar-refractivity contribution in [2.24, 2.45) is 0 Å². The van der Waals surface area contributed by atoms with E-state index in [1.54, 1.807) is 24.5 Å². The van der Waals surface area contributed by atoms with Crippen molar-refractivity contribution in [1.82, 2.24) is 0 Å².